The third kappa shape index (κ3) is 3.06. The Labute approximate surface area is 155 Å². The summed E-state index contributed by atoms with van der Waals surface area (Å²) in [5.74, 6) is 0.821. The minimum absolute atomic E-state index is 0.0125. The molecule has 0 aliphatic carbocycles. The molecule has 4 rings (SSSR count). The number of carbonyl (C=O) groups excluding carboxylic acids is 1. The smallest absolute Gasteiger partial charge is 0.274 e. The molecule has 1 aromatic carbocycles. The fourth-order valence-electron chi connectivity index (χ4n) is 3.15. The molecular weight excluding hydrogens is 374 g/mol. The second kappa shape index (κ2) is 6.89. The van der Waals surface area contributed by atoms with E-state index in [1.165, 1.54) is 12.1 Å². The number of rotatable bonds is 3. The zero-order valence-electron chi connectivity index (χ0n) is 13.7. The Balaban J connectivity index is 1.65. The summed E-state index contributed by atoms with van der Waals surface area (Å²) in [6.45, 7) is 1.26. The molecule has 0 radical (unpaired) electrons. The Morgan fingerprint density at radius 2 is 2.00 bits per heavy atom. The Bertz CT molecular complexity index is 950. The van der Waals surface area contributed by atoms with E-state index in [1.54, 1.807) is 39.6 Å². The molecule has 3 heterocycles. The second-order valence-corrected chi connectivity index (χ2v) is 8.82. The van der Waals surface area contributed by atoms with E-state index in [-0.39, 0.29) is 22.4 Å². The van der Waals surface area contributed by atoms with Crippen molar-refractivity contribution in [1.29, 1.82) is 0 Å². The number of thioether (sulfide) groups is 1. The van der Waals surface area contributed by atoms with Crippen LogP contribution in [0.3, 0.4) is 0 Å². The van der Waals surface area contributed by atoms with Crippen molar-refractivity contribution in [2.75, 3.05) is 6.54 Å². The van der Waals surface area contributed by atoms with E-state index in [2.05, 4.69) is 0 Å². The number of amides is 1. The monoisotopic (exact) mass is 390 g/mol. The zero-order valence-corrected chi connectivity index (χ0v) is 15.5. The highest BCUT2D eigenvalue weighted by atomic mass is 32.2. The van der Waals surface area contributed by atoms with E-state index < -0.39 is 11.2 Å². The van der Waals surface area contributed by atoms with Gasteiger partial charge in [0.1, 0.15) is 5.82 Å². The number of hydrogen-bond donors (Lipinski definition) is 1. The third-order valence-electron chi connectivity index (χ3n) is 4.48. The number of aromatic hydroxyl groups is 1. The quantitative estimate of drug-likeness (QED) is 0.818. The zero-order chi connectivity index (χ0) is 18.3. The molecule has 2 aromatic rings. The van der Waals surface area contributed by atoms with Crippen LogP contribution in [0.25, 0.3) is 0 Å². The highest BCUT2D eigenvalue weighted by Crippen LogP contribution is 2.50. The number of pyridine rings is 1. The molecule has 1 amide bonds. The minimum Gasteiger partial charge on any atom is -0.503 e. The van der Waals surface area contributed by atoms with Crippen molar-refractivity contribution in [2.24, 2.45) is 0 Å². The van der Waals surface area contributed by atoms with Gasteiger partial charge in [-0.2, -0.15) is 0 Å². The summed E-state index contributed by atoms with van der Waals surface area (Å²) in [5.41, 5.74) is 0.897. The minimum atomic E-state index is -0.478. The van der Waals surface area contributed by atoms with E-state index in [4.69, 9.17) is 0 Å². The van der Waals surface area contributed by atoms with Crippen molar-refractivity contribution in [3.8, 4) is 5.75 Å². The first-order valence-electron chi connectivity index (χ1n) is 8.11. The first kappa shape index (κ1) is 17.3. The van der Waals surface area contributed by atoms with Gasteiger partial charge in [-0.15, -0.1) is 11.8 Å². The van der Waals surface area contributed by atoms with Crippen LogP contribution >= 0.6 is 20.3 Å². The van der Waals surface area contributed by atoms with Crippen molar-refractivity contribution >= 4 is 26.2 Å². The van der Waals surface area contributed by atoms with Crippen LogP contribution < -0.4 is 5.43 Å². The largest absolute Gasteiger partial charge is 0.503 e. The number of fused-ring (bicyclic) bond motifs is 1. The van der Waals surface area contributed by atoms with Gasteiger partial charge in [-0.25, -0.2) is 4.39 Å². The van der Waals surface area contributed by atoms with Crippen molar-refractivity contribution in [3.63, 3.8) is 0 Å². The number of nitrogens with zero attached hydrogens (tertiary/aromatic N) is 2. The molecule has 134 valence electrons. The first-order chi connectivity index (χ1) is 12.5. The molecule has 0 bridgehead atoms. The summed E-state index contributed by atoms with van der Waals surface area (Å²) < 4.78 is 14.7. The van der Waals surface area contributed by atoms with Crippen molar-refractivity contribution < 1.29 is 14.3 Å². The normalized spacial score (nSPS) is 20.0. The average molecular weight is 390 g/mol. The second-order valence-electron chi connectivity index (χ2n) is 6.14. The predicted molar refractivity (Wildman–Crippen MR) is 101 cm³/mol. The average Bonchev–Trinajstić information content (AvgIpc) is 3.16. The molecule has 0 fully saturated rings. The van der Waals surface area contributed by atoms with Crippen molar-refractivity contribution in [2.45, 2.75) is 18.1 Å². The molecule has 2 unspecified atom stereocenters. The Hall–Kier alpha value is -2.11. The Kier molecular flexibility index (Phi) is 4.59. The van der Waals surface area contributed by atoms with E-state index >= 15 is 0 Å². The summed E-state index contributed by atoms with van der Waals surface area (Å²) in [6, 6.07) is 5.94. The third-order valence-corrected chi connectivity index (χ3v) is 7.33. The van der Waals surface area contributed by atoms with Gasteiger partial charge in [0.15, 0.2) is 11.4 Å². The number of benzene rings is 1. The number of halogens is 1. The Morgan fingerprint density at radius 1 is 1.23 bits per heavy atom. The van der Waals surface area contributed by atoms with E-state index in [1.807, 2.05) is 11.2 Å². The van der Waals surface area contributed by atoms with Crippen LogP contribution in [0.15, 0.2) is 46.5 Å². The van der Waals surface area contributed by atoms with E-state index in [0.717, 1.165) is 5.56 Å². The number of hydrogen-bond acceptors (Lipinski definition) is 4. The highest BCUT2D eigenvalue weighted by Gasteiger charge is 2.31. The number of aromatic nitrogens is 1. The predicted octanol–water partition coefficient (Wildman–Crippen LogP) is 3.24. The molecule has 2 atom stereocenters. The lowest BCUT2D eigenvalue weighted by atomic mass is 10.1. The fraction of sp³-hybridized carbons (Fsp3) is 0.222. The first-order valence-corrected chi connectivity index (χ1v) is 10.2. The standard InChI is InChI=1S/C18H16FN2O3PS/c19-12-3-1-11(2-4-12)9-21-6-5-20-10-13(18-25-7-8-26-18)15(22)16(23)14(20)17(21)24/h1-4,7-8,10,18,23,25H,5-6,9H2. The molecule has 0 saturated heterocycles. The lowest BCUT2D eigenvalue weighted by Gasteiger charge is -2.31. The van der Waals surface area contributed by atoms with Gasteiger partial charge in [-0.05, 0) is 23.1 Å². The van der Waals surface area contributed by atoms with Gasteiger partial charge < -0.3 is 14.6 Å². The summed E-state index contributed by atoms with van der Waals surface area (Å²) >= 11 is 1.55. The van der Waals surface area contributed by atoms with Gasteiger partial charge in [0.25, 0.3) is 5.91 Å². The summed E-state index contributed by atoms with van der Waals surface area (Å²) in [4.78, 5) is 27.0. The van der Waals surface area contributed by atoms with Crippen molar-refractivity contribution in [3.05, 3.63) is 74.5 Å². The van der Waals surface area contributed by atoms with Gasteiger partial charge >= 0.3 is 0 Å². The molecule has 1 N–H and O–H groups in total. The summed E-state index contributed by atoms with van der Waals surface area (Å²) in [5, 5.41) is 12.4. The molecule has 0 saturated carbocycles. The molecule has 0 spiro atoms. The van der Waals surface area contributed by atoms with Crippen LogP contribution in [0.1, 0.15) is 26.6 Å². The van der Waals surface area contributed by atoms with Crippen LogP contribution in [0.2, 0.25) is 0 Å². The van der Waals surface area contributed by atoms with E-state index in [0.29, 0.717) is 33.8 Å². The van der Waals surface area contributed by atoms with Gasteiger partial charge in [-0.3, -0.25) is 9.59 Å². The summed E-state index contributed by atoms with van der Waals surface area (Å²) in [6.07, 6.45) is 1.71. The van der Waals surface area contributed by atoms with Gasteiger partial charge in [0.2, 0.25) is 5.43 Å². The topological polar surface area (TPSA) is 62.5 Å². The maximum Gasteiger partial charge on any atom is 0.274 e. The Morgan fingerprint density at radius 3 is 2.69 bits per heavy atom. The summed E-state index contributed by atoms with van der Waals surface area (Å²) in [7, 11) is 0.484. The van der Waals surface area contributed by atoms with Crippen LogP contribution in [0.5, 0.6) is 5.75 Å². The maximum atomic E-state index is 13.0. The molecule has 8 heteroatoms. The fourth-order valence-corrected chi connectivity index (χ4v) is 5.59. The lowest BCUT2D eigenvalue weighted by molar-refractivity contribution is 0.0683. The molecular formula is C18H16FN2O3PS. The van der Waals surface area contributed by atoms with Crippen LogP contribution in [-0.4, -0.2) is 27.0 Å². The van der Waals surface area contributed by atoms with Gasteiger partial charge in [0, 0.05) is 31.4 Å². The maximum absolute atomic E-state index is 13.0. The molecule has 1 aromatic heterocycles. The van der Waals surface area contributed by atoms with Crippen LogP contribution in [-0.2, 0) is 13.1 Å². The van der Waals surface area contributed by atoms with Gasteiger partial charge in [0.05, 0.1) is 4.99 Å². The SMILES string of the molecule is O=C1c2c(O)c(=O)c(C3PC=CS3)cn2CCN1Cc1ccc(F)cc1. The van der Waals surface area contributed by atoms with E-state index in [9.17, 15) is 19.1 Å². The molecule has 5 nitrogen and oxygen atoms in total. The molecule has 26 heavy (non-hydrogen) atoms. The van der Waals surface area contributed by atoms with Crippen LogP contribution in [0.4, 0.5) is 4.39 Å². The molecule has 2 aliphatic rings. The number of carbonyl (C=O) groups is 1. The highest BCUT2D eigenvalue weighted by molar-refractivity contribution is 8.08. The van der Waals surface area contributed by atoms with Crippen molar-refractivity contribution in [1.82, 2.24) is 9.47 Å². The molecule has 2 aliphatic heterocycles. The lowest BCUT2D eigenvalue weighted by Crippen LogP contribution is -2.41. The van der Waals surface area contributed by atoms with Crippen LogP contribution in [0, 0.1) is 5.82 Å². The van der Waals surface area contributed by atoms with Gasteiger partial charge in [-0.1, -0.05) is 26.5 Å².